The first-order valence-electron chi connectivity index (χ1n) is 10.7. The quantitative estimate of drug-likeness (QED) is 0.403. The summed E-state index contributed by atoms with van der Waals surface area (Å²) in [5.41, 5.74) is 2.27. The number of nitro benzene ring substituents is 1. The van der Waals surface area contributed by atoms with Crippen molar-refractivity contribution < 1.29 is 14.5 Å². The molecule has 1 fully saturated rings. The molecule has 1 N–H and O–H groups in total. The number of anilines is 2. The molecule has 0 radical (unpaired) electrons. The van der Waals surface area contributed by atoms with E-state index < -0.39 is 4.92 Å². The first-order valence-corrected chi connectivity index (χ1v) is 10.7. The van der Waals surface area contributed by atoms with E-state index in [0.29, 0.717) is 36.7 Å². The second-order valence-electron chi connectivity index (χ2n) is 8.19. The summed E-state index contributed by atoms with van der Waals surface area (Å²) in [7, 11) is 0. The van der Waals surface area contributed by atoms with E-state index >= 15 is 0 Å². The molecule has 0 aliphatic carbocycles. The van der Waals surface area contributed by atoms with Crippen molar-refractivity contribution in [2.45, 2.75) is 20.3 Å². The maximum atomic E-state index is 12.2. The van der Waals surface area contributed by atoms with Gasteiger partial charge in [-0.1, -0.05) is 26.0 Å². The number of nitro groups is 1. The number of nitrogens with one attached hydrogen (secondary N) is 1. The average molecular weight is 437 g/mol. The number of non-ortho nitro benzene ring substituents is 1. The number of piperazine rings is 1. The van der Waals surface area contributed by atoms with Gasteiger partial charge in [0.25, 0.3) is 5.69 Å². The maximum absolute atomic E-state index is 12.2. The normalized spacial score (nSPS) is 14.1. The molecule has 0 spiro atoms. The van der Waals surface area contributed by atoms with Crippen LogP contribution in [0.25, 0.3) is 6.08 Å². The van der Waals surface area contributed by atoms with Gasteiger partial charge in [0.2, 0.25) is 11.8 Å². The van der Waals surface area contributed by atoms with Gasteiger partial charge in [-0.3, -0.25) is 19.7 Å². The third-order valence-electron chi connectivity index (χ3n) is 5.22. The van der Waals surface area contributed by atoms with Gasteiger partial charge in [-0.2, -0.15) is 0 Å². The number of nitrogens with zero attached hydrogens (tertiary/aromatic N) is 3. The molecule has 1 saturated heterocycles. The highest BCUT2D eigenvalue weighted by atomic mass is 16.6. The molecule has 2 aromatic carbocycles. The number of rotatable bonds is 7. The largest absolute Gasteiger partial charge is 0.368 e. The molecule has 1 heterocycles. The summed E-state index contributed by atoms with van der Waals surface area (Å²) >= 11 is 0. The van der Waals surface area contributed by atoms with Gasteiger partial charge < -0.3 is 15.1 Å². The zero-order chi connectivity index (χ0) is 23.1. The van der Waals surface area contributed by atoms with Gasteiger partial charge in [0.05, 0.1) is 4.92 Å². The lowest BCUT2D eigenvalue weighted by molar-refractivity contribution is -0.384. The lowest BCUT2D eigenvalue weighted by Crippen LogP contribution is -2.49. The Bertz CT molecular complexity index is 993. The maximum Gasteiger partial charge on any atom is 0.270 e. The topological polar surface area (TPSA) is 95.8 Å². The van der Waals surface area contributed by atoms with Crippen molar-refractivity contribution in [3.05, 3.63) is 70.3 Å². The molecular formula is C24H28N4O4. The third kappa shape index (κ3) is 6.41. The smallest absolute Gasteiger partial charge is 0.270 e. The SMILES string of the molecule is CC(C)CC(=O)N1CCN(c2ccc(NC(=O)/C=C/c3cccc([N+](=O)[O-])c3)cc2)CC1. The molecule has 2 amide bonds. The van der Waals surface area contributed by atoms with Gasteiger partial charge in [0, 0.05) is 62.2 Å². The summed E-state index contributed by atoms with van der Waals surface area (Å²) in [6.45, 7) is 7.10. The van der Waals surface area contributed by atoms with Crippen LogP contribution in [-0.2, 0) is 9.59 Å². The Morgan fingerprint density at radius 1 is 1.09 bits per heavy atom. The number of hydrogen-bond acceptors (Lipinski definition) is 5. The zero-order valence-corrected chi connectivity index (χ0v) is 18.4. The van der Waals surface area contributed by atoms with Crippen molar-refractivity contribution in [2.75, 3.05) is 36.4 Å². The van der Waals surface area contributed by atoms with Crippen LogP contribution in [0.5, 0.6) is 0 Å². The van der Waals surface area contributed by atoms with Crippen LogP contribution in [0, 0.1) is 16.0 Å². The third-order valence-corrected chi connectivity index (χ3v) is 5.22. The van der Waals surface area contributed by atoms with Gasteiger partial charge in [-0.15, -0.1) is 0 Å². The molecule has 1 aliphatic heterocycles. The van der Waals surface area contributed by atoms with Gasteiger partial charge >= 0.3 is 0 Å². The van der Waals surface area contributed by atoms with Crippen molar-refractivity contribution in [1.82, 2.24) is 4.90 Å². The van der Waals surface area contributed by atoms with E-state index in [-0.39, 0.29) is 17.5 Å². The predicted octanol–water partition coefficient (Wildman–Crippen LogP) is 3.94. The number of carbonyl (C=O) groups excluding carboxylic acids is 2. The fourth-order valence-electron chi connectivity index (χ4n) is 3.55. The first-order chi connectivity index (χ1) is 15.3. The van der Waals surface area contributed by atoms with Crippen molar-refractivity contribution in [2.24, 2.45) is 5.92 Å². The molecule has 0 unspecified atom stereocenters. The number of amides is 2. The Balaban J connectivity index is 1.51. The summed E-state index contributed by atoms with van der Waals surface area (Å²) in [5.74, 6) is 0.266. The van der Waals surface area contributed by atoms with Gasteiger partial charge in [-0.25, -0.2) is 0 Å². The summed E-state index contributed by atoms with van der Waals surface area (Å²) in [6.07, 6.45) is 3.47. The zero-order valence-electron chi connectivity index (χ0n) is 18.4. The Hall–Kier alpha value is -3.68. The molecule has 0 aromatic heterocycles. The van der Waals surface area contributed by atoms with Gasteiger partial charge in [0.15, 0.2) is 0 Å². The number of benzene rings is 2. The minimum atomic E-state index is -0.470. The van der Waals surface area contributed by atoms with Gasteiger partial charge in [0.1, 0.15) is 0 Å². The van der Waals surface area contributed by atoms with E-state index in [2.05, 4.69) is 24.1 Å². The van der Waals surface area contributed by atoms with Crippen LogP contribution >= 0.6 is 0 Å². The van der Waals surface area contributed by atoms with E-state index in [9.17, 15) is 19.7 Å². The minimum absolute atomic E-state index is 0.0201. The Labute approximate surface area is 187 Å². The van der Waals surface area contributed by atoms with E-state index in [4.69, 9.17) is 0 Å². The highest BCUT2D eigenvalue weighted by molar-refractivity contribution is 6.02. The minimum Gasteiger partial charge on any atom is -0.368 e. The predicted molar refractivity (Wildman–Crippen MR) is 125 cm³/mol. The molecule has 2 aromatic rings. The Morgan fingerprint density at radius 3 is 2.41 bits per heavy atom. The molecule has 32 heavy (non-hydrogen) atoms. The molecule has 168 valence electrons. The molecule has 8 nitrogen and oxygen atoms in total. The van der Waals surface area contributed by atoms with Crippen LogP contribution in [0.2, 0.25) is 0 Å². The van der Waals surface area contributed by atoms with Crippen LogP contribution in [-0.4, -0.2) is 47.8 Å². The molecule has 0 atom stereocenters. The molecule has 3 rings (SSSR count). The van der Waals surface area contributed by atoms with Crippen LogP contribution in [0.1, 0.15) is 25.8 Å². The highest BCUT2D eigenvalue weighted by Crippen LogP contribution is 2.20. The van der Waals surface area contributed by atoms with E-state index in [1.807, 2.05) is 29.2 Å². The standard InChI is InChI=1S/C24H28N4O4/c1-18(2)16-24(30)27-14-12-26(13-15-27)21-9-7-20(8-10-21)25-23(29)11-6-19-4-3-5-22(17-19)28(31)32/h3-11,17-18H,12-16H2,1-2H3,(H,25,29)/b11-6+. The fraction of sp³-hybridized carbons (Fsp3) is 0.333. The lowest BCUT2D eigenvalue weighted by Gasteiger charge is -2.36. The van der Waals surface area contributed by atoms with Crippen LogP contribution in [0.15, 0.2) is 54.6 Å². The molecule has 0 saturated carbocycles. The van der Waals surface area contributed by atoms with Gasteiger partial charge in [-0.05, 0) is 41.8 Å². The fourth-order valence-corrected chi connectivity index (χ4v) is 3.55. The van der Waals surface area contributed by atoms with E-state index in [1.165, 1.54) is 24.3 Å². The Morgan fingerprint density at radius 2 is 1.78 bits per heavy atom. The molecule has 8 heteroatoms. The first kappa shape index (κ1) is 23.0. The monoisotopic (exact) mass is 436 g/mol. The second kappa shape index (κ2) is 10.6. The van der Waals surface area contributed by atoms with Crippen molar-refractivity contribution in [3.8, 4) is 0 Å². The molecule has 0 bridgehead atoms. The highest BCUT2D eigenvalue weighted by Gasteiger charge is 2.21. The average Bonchev–Trinajstić information content (AvgIpc) is 2.78. The number of carbonyl (C=O) groups is 2. The van der Waals surface area contributed by atoms with Crippen molar-refractivity contribution in [3.63, 3.8) is 0 Å². The van der Waals surface area contributed by atoms with E-state index in [0.717, 1.165) is 18.8 Å². The Kier molecular flexibility index (Phi) is 7.59. The summed E-state index contributed by atoms with van der Waals surface area (Å²) < 4.78 is 0. The van der Waals surface area contributed by atoms with E-state index in [1.54, 1.807) is 12.1 Å². The summed E-state index contributed by atoms with van der Waals surface area (Å²) in [6, 6.07) is 13.7. The summed E-state index contributed by atoms with van der Waals surface area (Å²) in [4.78, 5) is 38.9. The lowest BCUT2D eigenvalue weighted by atomic mass is 10.1. The second-order valence-corrected chi connectivity index (χ2v) is 8.19. The molecule has 1 aliphatic rings. The number of hydrogen-bond donors (Lipinski definition) is 1. The van der Waals surface area contributed by atoms with Crippen molar-refractivity contribution >= 4 is 35.0 Å². The van der Waals surface area contributed by atoms with Crippen molar-refractivity contribution in [1.29, 1.82) is 0 Å². The molecular weight excluding hydrogens is 408 g/mol. The summed E-state index contributed by atoms with van der Waals surface area (Å²) in [5, 5.41) is 13.6. The van der Waals surface area contributed by atoms with Crippen LogP contribution in [0.3, 0.4) is 0 Å². The van der Waals surface area contributed by atoms with Crippen LogP contribution in [0.4, 0.5) is 17.1 Å². The van der Waals surface area contributed by atoms with Crippen LogP contribution < -0.4 is 10.2 Å².